The first-order valence-corrected chi connectivity index (χ1v) is 7.21. The van der Waals surface area contributed by atoms with E-state index >= 15 is 0 Å². The van der Waals surface area contributed by atoms with Crippen molar-refractivity contribution in [1.29, 1.82) is 0 Å². The van der Waals surface area contributed by atoms with Crippen molar-refractivity contribution in [2.45, 2.75) is 13.5 Å². The van der Waals surface area contributed by atoms with Crippen LogP contribution in [0.1, 0.15) is 11.1 Å². The second-order valence-corrected chi connectivity index (χ2v) is 5.03. The van der Waals surface area contributed by atoms with Crippen molar-refractivity contribution in [3.8, 4) is 16.9 Å². The molecule has 0 bridgehead atoms. The van der Waals surface area contributed by atoms with E-state index in [0.717, 1.165) is 17.9 Å². The summed E-state index contributed by atoms with van der Waals surface area (Å²) in [7, 11) is 3.64. The lowest BCUT2D eigenvalue weighted by molar-refractivity contribution is 0.146. The van der Waals surface area contributed by atoms with Crippen LogP contribution in [0.25, 0.3) is 11.1 Å². The van der Waals surface area contributed by atoms with Crippen LogP contribution in [0.2, 0.25) is 0 Å². The standard InChI is InChI=1S/C18H23NO2/c1-14-8-9-15(13-19-2)17(12-14)16-6-4-5-7-18(16)21-11-10-20-3/h4-9,12,19H,10-11,13H2,1-3H3. The molecule has 0 radical (unpaired) electrons. The average Bonchev–Trinajstić information content (AvgIpc) is 2.50. The minimum atomic E-state index is 0.556. The molecule has 0 saturated carbocycles. The molecule has 0 heterocycles. The number of methoxy groups -OCH3 is 1. The topological polar surface area (TPSA) is 30.5 Å². The molecule has 112 valence electrons. The third-order valence-corrected chi connectivity index (χ3v) is 3.35. The van der Waals surface area contributed by atoms with Crippen LogP contribution in [0.5, 0.6) is 5.75 Å². The van der Waals surface area contributed by atoms with Gasteiger partial charge in [-0.15, -0.1) is 0 Å². The van der Waals surface area contributed by atoms with Gasteiger partial charge in [0.1, 0.15) is 12.4 Å². The Bertz CT molecular complexity index is 581. The second kappa shape index (κ2) is 7.81. The lowest BCUT2D eigenvalue weighted by Gasteiger charge is -2.15. The molecule has 0 unspecified atom stereocenters. The molecule has 21 heavy (non-hydrogen) atoms. The Kier molecular flexibility index (Phi) is 5.78. The van der Waals surface area contributed by atoms with Gasteiger partial charge in [0.15, 0.2) is 0 Å². The maximum atomic E-state index is 5.86. The Morgan fingerprint density at radius 3 is 2.57 bits per heavy atom. The summed E-state index contributed by atoms with van der Waals surface area (Å²) in [6.45, 7) is 4.09. The number of para-hydroxylation sites is 1. The van der Waals surface area contributed by atoms with Crippen molar-refractivity contribution in [3.63, 3.8) is 0 Å². The van der Waals surface area contributed by atoms with Crippen molar-refractivity contribution in [2.24, 2.45) is 0 Å². The van der Waals surface area contributed by atoms with Crippen molar-refractivity contribution >= 4 is 0 Å². The van der Waals surface area contributed by atoms with Crippen molar-refractivity contribution in [2.75, 3.05) is 27.4 Å². The molecule has 0 aliphatic carbocycles. The number of hydrogen-bond acceptors (Lipinski definition) is 3. The van der Waals surface area contributed by atoms with E-state index < -0.39 is 0 Å². The predicted octanol–water partition coefficient (Wildman–Crippen LogP) is 3.41. The van der Waals surface area contributed by atoms with Crippen molar-refractivity contribution in [1.82, 2.24) is 5.32 Å². The molecule has 3 nitrogen and oxygen atoms in total. The molecule has 0 aromatic heterocycles. The van der Waals surface area contributed by atoms with Crippen LogP contribution in [0, 0.1) is 6.92 Å². The summed E-state index contributed by atoms with van der Waals surface area (Å²) in [5.41, 5.74) is 4.86. The van der Waals surface area contributed by atoms with Gasteiger partial charge in [0, 0.05) is 19.2 Å². The van der Waals surface area contributed by atoms with Gasteiger partial charge < -0.3 is 14.8 Å². The minimum Gasteiger partial charge on any atom is -0.491 e. The van der Waals surface area contributed by atoms with Crippen LogP contribution in [-0.4, -0.2) is 27.4 Å². The van der Waals surface area contributed by atoms with E-state index in [1.165, 1.54) is 16.7 Å². The Balaban J connectivity index is 2.38. The predicted molar refractivity (Wildman–Crippen MR) is 86.7 cm³/mol. The Morgan fingerprint density at radius 1 is 1.00 bits per heavy atom. The summed E-state index contributed by atoms with van der Waals surface area (Å²) in [6, 6.07) is 14.7. The maximum absolute atomic E-state index is 5.86. The van der Waals surface area contributed by atoms with E-state index in [2.05, 4.69) is 36.5 Å². The molecule has 0 spiro atoms. The first-order valence-electron chi connectivity index (χ1n) is 7.21. The number of nitrogens with one attached hydrogen (secondary N) is 1. The van der Waals surface area contributed by atoms with Crippen molar-refractivity contribution < 1.29 is 9.47 Å². The molecule has 0 atom stereocenters. The highest BCUT2D eigenvalue weighted by Crippen LogP contribution is 2.33. The summed E-state index contributed by atoms with van der Waals surface area (Å²) in [5, 5.41) is 3.22. The number of benzene rings is 2. The van der Waals surface area contributed by atoms with Gasteiger partial charge in [0.2, 0.25) is 0 Å². The lowest BCUT2D eigenvalue weighted by atomic mass is 9.97. The largest absolute Gasteiger partial charge is 0.491 e. The average molecular weight is 285 g/mol. The normalized spacial score (nSPS) is 10.6. The zero-order chi connectivity index (χ0) is 15.1. The quantitative estimate of drug-likeness (QED) is 0.791. The zero-order valence-electron chi connectivity index (χ0n) is 13.0. The number of ether oxygens (including phenoxy) is 2. The Hall–Kier alpha value is -1.84. The molecule has 2 aromatic rings. The Labute approximate surface area is 126 Å². The first kappa shape index (κ1) is 15.5. The summed E-state index contributed by atoms with van der Waals surface area (Å²) in [6.07, 6.45) is 0. The van der Waals surface area contributed by atoms with Gasteiger partial charge in [0.05, 0.1) is 6.61 Å². The van der Waals surface area contributed by atoms with Crippen LogP contribution in [0.4, 0.5) is 0 Å². The van der Waals surface area contributed by atoms with E-state index in [-0.39, 0.29) is 0 Å². The highest BCUT2D eigenvalue weighted by molar-refractivity contribution is 5.74. The molecule has 0 fully saturated rings. The molecule has 0 aliphatic heterocycles. The van der Waals surface area contributed by atoms with Crippen LogP contribution in [0.3, 0.4) is 0 Å². The summed E-state index contributed by atoms with van der Waals surface area (Å²) in [5.74, 6) is 0.900. The molecule has 0 amide bonds. The molecule has 0 saturated heterocycles. The van der Waals surface area contributed by atoms with E-state index in [1.807, 2.05) is 25.2 Å². The van der Waals surface area contributed by atoms with Gasteiger partial charge in [-0.2, -0.15) is 0 Å². The van der Waals surface area contributed by atoms with Gasteiger partial charge in [-0.3, -0.25) is 0 Å². The van der Waals surface area contributed by atoms with Gasteiger partial charge in [0.25, 0.3) is 0 Å². The number of rotatable bonds is 7. The highest BCUT2D eigenvalue weighted by atomic mass is 16.5. The molecular weight excluding hydrogens is 262 g/mol. The van der Waals surface area contributed by atoms with E-state index in [1.54, 1.807) is 7.11 Å². The fourth-order valence-electron chi connectivity index (χ4n) is 2.34. The fourth-order valence-corrected chi connectivity index (χ4v) is 2.34. The highest BCUT2D eigenvalue weighted by Gasteiger charge is 2.10. The number of aryl methyl sites for hydroxylation is 1. The van der Waals surface area contributed by atoms with Gasteiger partial charge >= 0.3 is 0 Å². The van der Waals surface area contributed by atoms with Gasteiger partial charge in [-0.05, 0) is 31.2 Å². The van der Waals surface area contributed by atoms with Crippen LogP contribution in [0.15, 0.2) is 42.5 Å². The minimum absolute atomic E-state index is 0.556. The maximum Gasteiger partial charge on any atom is 0.127 e. The van der Waals surface area contributed by atoms with Crippen molar-refractivity contribution in [3.05, 3.63) is 53.6 Å². The first-order chi connectivity index (χ1) is 10.3. The van der Waals surface area contributed by atoms with E-state index in [9.17, 15) is 0 Å². The fraction of sp³-hybridized carbons (Fsp3) is 0.333. The van der Waals surface area contributed by atoms with Gasteiger partial charge in [-0.25, -0.2) is 0 Å². The summed E-state index contributed by atoms with van der Waals surface area (Å²) < 4.78 is 10.9. The lowest BCUT2D eigenvalue weighted by Crippen LogP contribution is -2.08. The van der Waals surface area contributed by atoms with E-state index in [4.69, 9.17) is 9.47 Å². The molecule has 2 aromatic carbocycles. The Morgan fingerprint density at radius 2 is 1.81 bits per heavy atom. The summed E-state index contributed by atoms with van der Waals surface area (Å²) in [4.78, 5) is 0. The molecule has 2 rings (SSSR count). The molecule has 1 N–H and O–H groups in total. The van der Waals surface area contributed by atoms with Crippen LogP contribution in [-0.2, 0) is 11.3 Å². The summed E-state index contributed by atoms with van der Waals surface area (Å²) >= 11 is 0. The third kappa shape index (κ3) is 4.06. The molecular formula is C18H23NO2. The zero-order valence-corrected chi connectivity index (χ0v) is 13.0. The molecule has 0 aliphatic rings. The molecule has 3 heteroatoms. The monoisotopic (exact) mass is 285 g/mol. The van der Waals surface area contributed by atoms with Crippen LogP contribution < -0.4 is 10.1 Å². The number of hydrogen-bond donors (Lipinski definition) is 1. The SMILES string of the molecule is CNCc1ccc(C)cc1-c1ccccc1OCCOC. The smallest absolute Gasteiger partial charge is 0.127 e. The van der Waals surface area contributed by atoms with E-state index in [0.29, 0.717) is 13.2 Å². The van der Waals surface area contributed by atoms with Crippen LogP contribution >= 0.6 is 0 Å². The van der Waals surface area contributed by atoms with Gasteiger partial charge in [-0.1, -0.05) is 42.0 Å². The second-order valence-electron chi connectivity index (χ2n) is 5.03. The third-order valence-electron chi connectivity index (χ3n) is 3.35.